The van der Waals surface area contributed by atoms with Crippen LogP contribution in [-0.4, -0.2) is 26.2 Å². The first-order chi connectivity index (χ1) is 12.1. The first-order valence-corrected chi connectivity index (χ1v) is 7.86. The molecule has 0 heterocycles. The van der Waals surface area contributed by atoms with E-state index in [2.05, 4.69) is 0 Å². The molecule has 126 valence electrons. The zero-order valence-corrected chi connectivity index (χ0v) is 14.3. The molecule has 25 heavy (non-hydrogen) atoms. The van der Waals surface area contributed by atoms with Crippen LogP contribution in [0.3, 0.4) is 0 Å². The average Bonchev–Trinajstić information content (AvgIpc) is 2.65. The molecule has 3 aromatic rings. The highest BCUT2D eigenvalue weighted by molar-refractivity contribution is 6.15. The number of fused-ring (bicyclic) bond motifs is 1. The molecule has 3 rings (SSSR count). The van der Waals surface area contributed by atoms with E-state index >= 15 is 0 Å². The van der Waals surface area contributed by atoms with E-state index in [0.29, 0.717) is 5.56 Å². The van der Waals surface area contributed by atoms with E-state index < -0.39 is 11.9 Å². The Labute approximate surface area is 146 Å². The molecular weight excluding hydrogens is 316 g/mol. The van der Waals surface area contributed by atoms with Gasteiger partial charge in [0.2, 0.25) is 0 Å². The second kappa shape index (κ2) is 6.77. The van der Waals surface area contributed by atoms with Crippen LogP contribution in [-0.2, 0) is 9.47 Å². The monoisotopic (exact) mass is 334 g/mol. The third-order valence-electron chi connectivity index (χ3n) is 4.15. The maximum atomic E-state index is 12.5. The van der Waals surface area contributed by atoms with Crippen LogP contribution in [0.1, 0.15) is 26.3 Å². The number of ether oxygens (including phenoxy) is 2. The SMILES string of the molecule is COC(=O)c1cc2ccc(C)cc2c(-c2ccccc2)c1C(=O)OC. The van der Waals surface area contributed by atoms with Crippen molar-refractivity contribution in [1.82, 2.24) is 0 Å². The number of carbonyl (C=O) groups is 2. The van der Waals surface area contributed by atoms with Crippen LogP contribution in [0, 0.1) is 6.92 Å². The molecule has 3 aromatic carbocycles. The quantitative estimate of drug-likeness (QED) is 0.667. The van der Waals surface area contributed by atoms with E-state index in [1.165, 1.54) is 14.2 Å². The Balaban J connectivity index is 2.51. The highest BCUT2D eigenvalue weighted by Gasteiger charge is 2.25. The first-order valence-electron chi connectivity index (χ1n) is 7.86. The van der Waals surface area contributed by atoms with E-state index in [1.54, 1.807) is 6.07 Å². The molecule has 0 aromatic heterocycles. The van der Waals surface area contributed by atoms with Crippen molar-refractivity contribution < 1.29 is 19.1 Å². The summed E-state index contributed by atoms with van der Waals surface area (Å²) in [5.74, 6) is -1.14. The summed E-state index contributed by atoms with van der Waals surface area (Å²) in [6.07, 6.45) is 0. The van der Waals surface area contributed by atoms with Gasteiger partial charge in [0.15, 0.2) is 0 Å². The van der Waals surface area contributed by atoms with Crippen molar-refractivity contribution in [3.8, 4) is 11.1 Å². The predicted octanol–water partition coefficient (Wildman–Crippen LogP) is 4.39. The number of aryl methyl sites for hydroxylation is 1. The summed E-state index contributed by atoms with van der Waals surface area (Å²) in [6, 6.07) is 17.1. The van der Waals surface area contributed by atoms with Gasteiger partial charge < -0.3 is 9.47 Å². The average molecular weight is 334 g/mol. The number of hydrogen-bond acceptors (Lipinski definition) is 4. The van der Waals surface area contributed by atoms with Crippen molar-refractivity contribution in [3.63, 3.8) is 0 Å². The Morgan fingerprint density at radius 3 is 2.16 bits per heavy atom. The highest BCUT2D eigenvalue weighted by atomic mass is 16.5. The third kappa shape index (κ3) is 2.98. The molecule has 0 radical (unpaired) electrons. The molecule has 0 amide bonds. The summed E-state index contributed by atoms with van der Waals surface area (Å²) < 4.78 is 9.85. The molecule has 0 bridgehead atoms. The molecule has 4 nitrogen and oxygen atoms in total. The maximum Gasteiger partial charge on any atom is 0.339 e. The fraction of sp³-hybridized carbons (Fsp3) is 0.143. The fourth-order valence-electron chi connectivity index (χ4n) is 3.00. The van der Waals surface area contributed by atoms with Gasteiger partial charge in [-0.1, -0.05) is 54.1 Å². The normalized spacial score (nSPS) is 10.5. The molecule has 4 heteroatoms. The minimum Gasteiger partial charge on any atom is -0.465 e. The van der Waals surface area contributed by atoms with Crippen LogP contribution >= 0.6 is 0 Å². The molecule has 0 N–H and O–H groups in total. The fourth-order valence-corrected chi connectivity index (χ4v) is 3.00. The van der Waals surface area contributed by atoms with Crippen LogP contribution in [0.5, 0.6) is 0 Å². The summed E-state index contributed by atoms with van der Waals surface area (Å²) in [4.78, 5) is 24.9. The maximum absolute atomic E-state index is 12.5. The van der Waals surface area contributed by atoms with E-state index in [4.69, 9.17) is 9.47 Å². The molecule has 0 unspecified atom stereocenters. The number of hydrogen-bond donors (Lipinski definition) is 0. The van der Waals surface area contributed by atoms with Gasteiger partial charge >= 0.3 is 11.9 Å². The minimum absolute atomic E-state index is 0.199. The highest BCUT2D eigenvalue weighted by Crippen LogP contribution is 2.36. The lowest BCUT2D eigenvalue weighted by molar-refractivity contribution is 0.0556. The molecular formula is C21H18O4. The van der Waals surface area contributed by atoms with E-state index in [0.717, 1.165) is 21.9 Å². The van der Waals surface area contributed by atoms with E-state index in [-0.39, 0.29) is 11.1 Å². The van der Waals surface area contributed by atoms with Crippen molar-refractivity contribution in [2.45, 2.75) is 6.92 Å². The molecule has 0 aliphatic rings. The Morgan fingerprint density at radius 1 is 0.840 bits per heavy atom. The summed E-state index contributed by atoms with van der Waals surface area (Å²) in [6.45, 7) is 1.99. The van der Waals surface area contributed by atoms with Crippen molar-refractivity contribution in [3.05, 3.63) is 71.3 Å². The second-order valence-electron chi connectivity index (χ2n) is 5.75. The van der Waals surface area contributed by atoms with Gasteiger partial charge in [-0.3, -0.25) is 0 Å². The molecule has 0 aliphatic carbocycles. The largest absolute Gasteiger partial charge is 0.465 e. The van der Waals surface area contributed by atoms with E-state index in [1.807, 2.05) is 55.5 Å². The Morgan fingerprint density at radius 2 is 1.52 bits per heavy atom. The molecule has 0 spiro atoms. The van der Waals surface area contributed by atoms with Gasteiger partial charge in [0, 0.05) is 5.56 Å². The number of methoxy groups -OCH3 is 2. The number of carbonyl (C=O) groups excluding carboxylic acids is 2. The third-order valence-corrected chi connectivity index (χ3v) is 4.15. The number of esters is 2. The Kier molecular flexibility index (Phi) is 4.52. The van der Waals surface area contributed by atoms with Crippen molar-refractivity contribution in [2.75, 3.05) is 14.2 Å². The number of rotatable bonds is 3. The van der Waals surface area contributed by atoms with Crippen LogP contribution in [0.2, 0.25) is 0 Å². The van der Waals surface area contributed by atoms with Gasteiger partial charge in [0.25, 0.3) is 0 Å². The van der Waals surface area contributed by atoms with Gasteiger partial charge in [0.05, 0.1) is 25.3 Å². The second-order valence-corrected chi connectivity index (χ2v) is 5.75. The molecule has 0 aliphatic heterocycles. The molecule has 0 saturated carbocycles. The standard InChI is InChI=1S/C21H18O4/c1-13-9-10-15-12-17(20(22)24-2)19(21(23)25-3)18(16(15)11-13)14-7-5-4-6-8-14/h4-12H,1-3H3. The van der Waals surface area contributed by atoms with Gasteiger partial charge in [-0.15, -0.1) is 0 Å². The Bertz CT molecular complexity index is 959. The van der Waals surface area contributed by atoms with Crippen molar-refractivity contribution >= 4 is 22.7 Å². The first kappa shape index (κ1) is 16.7. The molecule has 0 atom stereocenters. The van der Waals surface area contributed by atoms with Gasteiger partial charge in [-0.05, 0) is 29.3 Å². The van der Waals surface area contributed by atoms with Crippen molar-refractivity contribution in [1.29, 1.82) is 0 Å². The van der Waals surface area contributed by atoms with Crippen LogP contribution in [0.25, 0.3) is 21.9 Å². The lowest BCUT2D eigenvalue weighted by Crippen LogP contribution is -2.14. The summed E-state index contributed by atoms with van der Waals surface area (Å²) in [5.41, 5.74) is 2.99. The topological polar surface area (TPSA) is 52.6 Å². The summed E-state index contributed by atoms with van der Waals surface area (Å²) >= 11 is 0. The van der Waals surface area contributed by atoms with Gasteiger partial charge in [-0.25, -0.2) is 9.59 Å². The zero-order chi connectivity index (χ0) is 18.0. The van der Waals surface area contributed by atoms with E-state index in [9.17, 15) is 9.59 Å². The summed E-state index contributed by atoms with van der Waals surface area (Å²) in [5, 5.41) is 1.75. The lowest BCUT2D eigenvalue weighted by atomic mass is 9.89. The minimum atomic E-state index is -0.569. The Hall–Kier alpha value is -3.14. The predicted molar refractivity (Wildman–Crippen MR) is 96.8 cm³/mol. The molecule has 0 saturated heterocycles. The summed E-state index contributed by atoms with van der Waals surface area (Å²) in [7, 11) is 2.60. The smallest absolute Gasteiger partial charge is 0.339 e. The number of benzene rings is 3. The van der Waals surface area contributed by atoms with Crippen LogP contribution < -0.4 is 0 Å². The van der Waals surface area contributed by atoms with Gasteiger partial charge in [0.1, 0.15) is 0 Å². The molecule has 0 fully saturated rings. The van der Waals surface area contributed by atoms with Crippen LogP contribution in [0.15, 0.2) is 54.6 Å². The lowest BCUT2D eigenvalue weighted by Gasteiger charge is -2.16. The van der Waals surface area contributed by atoms with Gasteiger partial charge in [-0.2, -0.15) is 0 Å². The zero-order valence-electron chi connectivity index (χ0n) is 14.3. The van der Waals surface area contributed by atoms with Crippen molar-refractivity contribution in [2.24, 2.45) is 0 Å². The van der Waals surface area contributed by atoms with Crippen LogP contribution in [0.4, 0.5) is 0 Å².